The summed E-state index contributed by atoms with van der Waals surface area (Å²) < 4.78 is 28.5. The second-order valence-electron chi connectivity index (χ2n) is 7.81. The van der Waals surface area contributed by atoms with Crippen LogP contribution in [0.4, 0.5) is 0 Å². The van der Waals surface area contributed by atoms with Gasteiger partial charge in [0.15, 0.2) is 0 Å². The van der Waals surface area contributed by atoms with Gasteiger partial charge in [-0.2, -0.15) is 4.31 Å². The SMILES string of the molecule is CCN(CC)S(=O)(=O)c1cc(C(=O)N2CCC3(O)CCCCC3C2)n(C)c1. The van der Waals surface area contributed by atoms with Gasteiger partial charge < -0.3 is 14.6 Å². The standard InChI is InChI=1S/C19H31N3O4S/c1-4-22(5-2)27(25,26)16-12-17(20(3)14-16)18(23)21-11-10-19(24)9-7-6-8-15(19)13-21/h12,14-15,24H,4-11,13H2,1-3H3. The zero-order valence-electron chi connectivity index (χ0n) is 16.5. The second-order valence-corrected chi connectivity index (χ2v) is 9.75. The number of aromatic nitrogens is 1. The fourth-order valence-electron chi connectivity index (χ4n) is 4.52. The van der Waals surface area contributed by atoms with Crippen molar-refractivity contribution in [3.63, 3.8) is 0 Å². The van der Waals surface area contributed by atoms with E-state index in [1.165, 1.54) is 16.6 Å². The summed E-state index contributed by atoms with van der Waals surface area (Å²) in [5, 5.41) is 10.8. The Hall–Kier alpha value is -1.38. The van der Waals surface area contributed by atoms with Gasteiger partial charge in [0.2, 0.25) is 10.0 Å². The molecule has 1 aromatic heterocycles. The van der Waals surface area contributed by atoms with E-state index in [4.69, 9.17) is 0 Å². The first-order valence-corrected chi connectivity index (χ1v) is 11.3. The molecule has 7 nitrogen and oxygen atoms in total. The minimum absolute atomic E-state index is 0.114. The van der Waals surface area contributed by atoms with Crippen molar-refractivity contribution < 1.29 is 18.3 Å². The van der Waals surface area contributed by atoms with Crippen LogP contribution in [0.3, 0.4) is 0 Å². The molecule has 1 saturated heterocycles. The zero-order chi connectivity index (χ0) is 19.8. The lowest BCUT2D eigenvalue weighted by Crippen LogP contribution is -2.54. The second kappa shape index (κ2) is 7.56. The molecule has 1 aliphatic heterocycles. The molecule has 0 bridgehead atoms. The number of nitrogens with zero attached hydrogens (tertiary/aromatic N) is 3. The molecule has 1 saturated carbocycles. The molecular formula is C19H31N3O4S. The van der Waals surface area contributed by atoms with E-state index in [9.17, 15) is 18.3 Å². The van der Waals surface area contributed by atoms with Gasteiger partial charge in [-0.3, -0.25) is 4.79 Å². The third kappa shape index (κ3) is 3.67. The Labute approximate surface area is 162 Å². The van der Waals surface area contributed by atoms with Crippen molar-refractivity contribution in [3.05, 3.63) is 18.0 Å². The lowest BCUT2D eigenvalue weighted by atomic mass is 9.71. The minimum atomic E-state index is -3.59. The molecule has 0 spiro atoms. The third-order valence-corrected chi connectivity index (χ3v) is 8.27. The average Bonchev–Trinajstić information content (AvgIpc) is 3.03. The van der Waals surface area contributed by atoms with Crippen LogP contribution in [0.15, 0.2) is 17.2 Å². The van der Waals surface area contributed by atoms with Crippen molar-refractivity contribution >= 4 is 15.9 Å². The van der Waals surface area contributed by atoms with E-state index in [2.05, 4.69) is 0 Å². The van der Waals surface area contributed by atoms with Gasteiger partial charge >= 0.3 is 0 Å². The van der Waals surface area contributed by atoms with E-state index in [1.54, 1.807) is 30.4 Å². The number of aliphatic hydroxyl groups is 1. The molecule has 2 unspecified atom stereocenters. The number of rotatable bonds is 5. The molecule has 2 aliphatic rings. The van der Waals surface area contributed by atoms with Crippen molar-refractivity contribution in [2.45, 2.75) is 56.4 Å². The van der Waals surface area contributed by atoms with E-state index in [1.807, 2.05) is 0 Å². The first kappa shape index (κ1) is 20.4. The quantitative estimate of drug-likeness (QED) is 0.822. The molecule has 0 radical (unpaired) electrons. The zero-order valence-corrected chi connectivity index (χ0v) is 17.3. The van der Waals surface area contributed by atoms with E-state index in [0.29, 0.717) is 38.3 Å². The smallest absolute Gasteiger partial charge is 0.270 e. The molecule has 2 fully saturated rings. The largest absolute Gasteiger partial charge is 0.389 e. The van der Waals surface area contributed by atoms with Crippen LogP contribution in [-0.4, -0.2) is 65.0 Å². The summed E-state index contributed by atoms with van der Waals surface area (Å²) in [4.78, 5) is 15.0. The fraction of sp³-hybridized carbons (Fsp3) is 0.737. The summed E-state index contributed by atoms with van der Waals surface area (Å²) in [6, 6.07) is 1.48. The molecule has 1 aromatic rings. The maximum atomic E-state index is 13.1. The molecule has 8 heteroatoms. The van der Waals surface area contributed by atoms with Crippen LogP contribution in [0.2, 0.25) is 0 Å². The van der Waals surface area contributed by atoms with Crippen molar-refractivity contribution in [3.8, 4) is 0 Å². The van der Waals surface area contributed by atoms with Crippen LogP contribution >= 0.6 is 0 Å². The lowest BCUT2D eigenvalue weighted by molar-refractivity contribution is -0.0887. The van der Waals surface area contributed by atoms with Gasteiger partial charge in [0, 0.05) is 45.3 Å². The summed E-state index contributed by atoms with van der Waals surface area (Å²) in [7, 11) is -1.89. The van der Waals surface area contributed by atoms with Crippen LogP contribution in [-0.2, 0) is 17.1 Å². The first-order valence-electron chi connectivity index (χ1n) is 9.91. The number of amides is 1. The molecule has 0 aromatic carbocycles. The Balaban J connectivity index is 1.81. The Kier molecular flexibility index (Phi) is 5.70. The maximum absolute atomic E-state index is 13.1. The fourth-order valence-corrected chi connectivity index (χ4v) is 6.05. The van der Waals surface area contributed by atoms with Gasteiger partial charge in [-0.05, 0) is 25.3 Å². The van der Waals surface area contributed by atoms with E-state index >= 15 is 0 Å². The van der Waals surface area contributed by atoms with E-state index < -0.39 is 15.6 Å². The van der Waals surface area contributed by atoms with Crippen molar-refractivity contribution in [1.29, 1.82) is 0 Å². The molecule has 3 rings (SSSR count). The van der Waals surface area contributed by atoms with Gasteiger partial charge in [-0.25, -0.2) is 8.42 Å². The van der Waals surface area contributed by atoms with Gasteiger partial charge in [-0.15, -0.1) is 0 Å². The van der Waals surface area contributed by atoms with Crippen LogP contribution < -0.4 is 0 Å². The number of hydrogen-bond acceptors (Lipinski definition) is 4. The number of aryl methyl sites for hydroxylation is 1. The molecular weight excluding hydrogens is 366 g/mol. The number of piperidine rings is 1. The van der Waals surface area contributed by atoms with Crippen LogP contribution in [0.25, 0.3) is 0 Å². The topological polar surface area (TPSA) is 82.8 Å². The molecule has 2 heterocycles. The van der Waals surface area contributed by atoms with Gasteiger partial charge in [0.25, 0.3) is 5.91 Å². The summed E-state index contributed by atoms with van der Waals surface area (Å²) in [5.41, 5.74) is -0.262. The van der Waals surface area contributed by atoms with Crippen molar-refractivity contribution in [1.82, 2.24) is 13.8 Å². The number of sulfonamides is 1. The summed E-state index contributed by atoms with van der Waals surface area (Å²) in [6.45, 7) is 5.44. The van der Waals surface area contributed by atoms with E-state index in [0.717, 1.165) is 25.7 Å². The number of carbonyl (C=O) groups is 1. The molecule has 1 aliphatic carbocycles. The maximum Gasteiger partial charge on any atom is 0.270 e. The van der Waals surface area contributed by atoms with Crippen molar-refractivity contribution in [2.75, 3.05) is 26.2 Å². The summed E-state index contributed by atoms with van der Waals surface area (Å²) in [5.74, 6) is -0.0470. The first-order chi connectivity index (χ1) is 12.7. The number of fused-ring (bicyclic) bond motifs is 1. The monoisotopic (exact) mass is 397 g/mol. The van der Waals surface area contributed by atoms with Crippen LogP contribution in [0.5, 0.6) is 0 Å². The normalized spacial score (nSPS) is 26.3. The Morgan fingerprint density at radius 2 is 2.00 bits per heavy atom. The molecule has 2 atom stereocenters. The molecule has 27 heavy (non-hydrogen) atoms. The number of carbonyl (C=O) groups excluding carboxylic acids is 1. The predicted octanol–water partition coefficient (Wildman–Crippen LogP) is 1.82. The van der Waals surface area contributed by atoms with Gasteiger partial charge in [-0.1, -0.05) is 26.7 Å². The van der Waals surface area contributed by atoms with Gasteiger partial charge in [0.1, 0.15) is 10.6 Å². The average molecular weight is 398 g/mol. The molecule has 1 amide bonds. The Bertz CT molecular complexity index is 800. The summed E-state index contributed by atoms with van der Waals surface area (Å²) >= 11 is 0. The van der Waals surface area contributed by atoms with E-state index in [-0.39, 0.29) is 16.7 Å². The third-order valence-electron chi connectivity index (χ3n) is 6.26. The Morgan fingerprint density at radius 3 is 2.67 bits per heavy atom. The minimum Gasteiger partial charge on any atom is -0.389 e. The Morgan fingerprint density at radius 1 is 1.30 bits per heavy atom. The lowest BCUT2D eigenvalue weighted by Gasteiger charge is -2.47. The molecule has 1 N–H and O–H groups in total. The highest BCUT2D eigenvalue weighted by Gasteiger charge is 2.44. The highest BCUT2D eigenvalue weighted by atomic mass is 32.2. The summed E-state index contributed by atoms with van der Waals surface area (Å²) in [6.07, 6.45) is 6.00. The number of hydrogen-bond donors (Lipinski definition) is 1. The van der Waals surface area contributed by atoms with Crippen LogP contribution in [0, 0.1) is 5.92 Å². The van der Waals surface area contributed by atoms with Gasteiger partial charge in [0.05, 0.1) is 5.60 Å². The number of likely N-dealkylation sites (tertiary alicyclic amines) is 1. The molecule has 152 valence electrons. The predicted molar refractivity (Wildman–Crippen MR) is 103 cm³/mol. The highest BCUT2D eigenvalue weighted by molar-refractivity contribution is 7.89. The van der Waals surface area contributed by atoms with Crippen molar-refractivity contribution in [2.24, 2.45) is 13.0 Å². The van der Waals surface area contributed by atoms with Crippen LogP contribution in [0.1, 0.15) is 56.4 Å². The highest BCUT2D eigenvalue weighted by Crippen LogP contribution is 2.40.